The summed E-state index contributed by atoms with van der Waals surface area (Å²) in [5.41, 5.74) is 1.97. The molecule has 0 radical (unpaired) electrons. The second-order valence-corrected chi connectivity index (χ2v) is 7.18. The molecule has 2 aliphatic rings. The molecule has 1 heterocycles. The predicted octanol–water partition coefficient (Wildman–Crippen LogP) is 3.68. The van der Waals surface area contributed by atoms with Gasteiger partial charge in [-0.3, -0.25) is 10.1 Å². The molecule has 1 saturated heterocycles. The lowest BCUT2D eigenvalue weighted by molar-refractivity contribution is -0.385. The van der Waals surface area contributed by atoms with E-state index in [9.17, 15) is 14.9 Å². The van der Waals surface area contributed by atoms with E-state index in [0.29, 0.717) is 11.3 Å². The number of hydrogen-bond donors (Lipinski definition) is 2. The number of rotatable bonds is 3. The molecule has 1 aromatic rings. The van der Waals surface area contributed by atoms with Gasteiger partial charge in [-0.25, -0.2) is 4.79 Å². The minimum Gasteiger partial charge on any atom is -0.381 e. The molecule has 1 aromatic carbocycles. The van der Waals surface area contributed by atoms with Crippen molar-refractivity contribution in [3.05, 3.63) is 33.4 Å². The summed E-state index contributed by atoms with van der Waals surface area (Å²) in [5.74, 6) is 0. The number of nitro benzene ring substituents is 1. The van der Waals surface area contributed by atoms with Crippen molar-refractivity contribution in [3.63, 3.8) is 0 Å². The van der Waals surface area contributed by atoms with Crippen LogP contribution in [0.15, 0.2) is 12.1 Å². The summed E-state index contributed by atoms with van der Waals surface area (Å²) in [4.78, 5) is 23.2. The molecule has 0 aromatic heterocycles. The van der Waals surface area contributed by atoms with Gasteiger partial charge in [0.05, 0.1) is 16.2 Å². The smallest absolute Gasteiger partial charge is 0.319 e. The van der Waals surface area contributed by atoms with Crippen LogP contribution in [-0.2, 0) is 4.74 Å². The number of nitro groups is 1. The number of ether oxygens (including phenoxy) is 1. The van der Waals surface area contributed by atoms with Crippen molar-refractivity contribution in [1.82, 2.24) is 5.32 Å². The predicted molar refractivity (Wildman–Crippen MR) is 94.8 cm³/mol. The van der Waals surface area contributed by atoms with Crippen molar-refractivity contribution in [2.24, 2.45) is 5.41 Å². The Bertz CT molecular complexity index is 683. The quantitative estimate of drug-likeness (QED) is 0.644. The zero-order chi connectivity index (χ0) is 18.0. The molecule has 3 rings (SSSR count). The van der Waals surface area contributed by atoms with Crippen molar-refractivity contribution in [2.45, 2.75) is 52.0 Å². The summed E-state index contributed by atoms with van der Waals surface area (Å²) < 4.78 is 5.48. The molecule has 7 nitrogen and oxygen atoms in total. The zero-order valence-electron chi connectivity index (χ0n) is 14.8. The van der Waals surface area contributed by atoms with Gasteiger partial charge in [-0.15, -0.1) is 0 Å². The first-order valence-electron chi connectivity index (χ1n) is 8.83. The second kappa shape index (κ2) is 7.00. The van der Waals surface area contributed by atoms with Crippen LogP contribution in [0.1, 0.15) is 43.2 Å². The Morgan fingerprint density at radius 1 is 1.28 bits per heavy atom. The molecule has 136 valence electrons. The molecule has 1 aliphatic heterocycles. The van der Waals surface area contributed by atoms with Crippen LogP contribution in [0.2, 0.25) is 0 Å². The highest BCUT2D eigenvalue weighted by atomic mass is 16.6. The number of carbonyl (C=O) groups is 1. The Morgan fingerprint density at radius 3 is 2.68 bits per heavy atom. The molecule has 1 aliphatic carbocycles. The third kappa shape index (κ3) is 3.46. The molecule has 1 saturated carbocycles. The number of benzene rings is 1. The highest BCUT2D eigenvalue weighted by Crippen LogP contribution is 2.46. The lowest BCUT2D eigenvalue weighted by Crippen LogP contribution is -2.48. The Labute approximate surface area is 147 Å². The van der Waals surface area contributed by atoms with Crippen molar-refractivity contribution < 1.29 is 14.5 Å². The van der Waals surface area contributed by atoms with E-state index in [0.717, 1.165) is 50.9 Å². The van der Waals surface area contributed by atoms with Crippen molar-refractivity contribution in [1.29, 1.82) is 0 Å². The summed E-state index contributed by atoms with van der Waals surface area (Å²) >= 11 is 0. The molecular formula is C18H25N3O4. The molecule has 2 fully saturated rings. The van der Waals surface area contributed by atoms with Crippen LogP contribution in [0.3, 0.4) is 0 Å². The first-order valence-corrected chi connectivity index (χ1v) is 8.83. The molecule has 0 unspecified atom stereocenters. The second-order valence-electron chi connectivity index (χ2n) is 7.18. The number of amides is 2. The van der Waals surface area contributed by atoms with E-state index in [4.69, 9.17) is 4.74 Å². The molecule has 1 atom stereocenters. The maximum absolute atomic E-state index is 12.6. The molecule has 0 bridgehead atoms. The monoisotopic (exact) mass is 347 g/mol. The largest absolute Gasteiger partial charge is 0.381 e. The minimum absolute atomic E-state index is 0.0164. The number of urea groups is 1. The van der Waals surface area contributed by atoms with Gasteiger partial charge in [0, 0.05) is 25.3 Å². The van der Waals surface area contributed by atoms with Gasteiger partial charge in [-0.1, -0.05) is 12.5 Å². The molecule has 7 heteroatoms. The average molecular weight is 347 g/mol. The highest BCUT2D eigenvalue weighted by molar-refractivity contribution is 5.92. The fourth-order valence-electron chi connectivity index (χ4n) is 4.27. The van der Waals surface area contributed by atoms with Crippen LogP contribution in [0.5, 0.6) is 0 Å². The topological polar surface area (TPSA) is 93.5 Å². The van der Waals surface area contributed by atoms with E-state index in [2.05, 4.69) is 10.6 Å². The van der Waals surface area contributed by atoms with Gasteiger partial charge in [0.2, 0.25) is 0 Å². The number of hydrogen-bond acceptors (Lipinski definition) is 4. The maximum Gasteiger partial charge on any atom is 0.319 e. The van der Waals surface area contributed by atoms with Gasteiger partial charge in [0.15, 0.2) is 0 Å². The number of nitrogens with zero attached hydrogens (tertiary/aromatic N) is 1. The number of aryl methyl sites for hydroxylation is 1. The zero-order valence-corrected chi connectivity index (χ0v) is 14.8. The summed E-state index contributed by atoms with van der Waals surface area (Å²) in [7, 11) is 0. The van der Waals surface area contributed by atoms with Crippen molar-refractivity contribution in [3.8, 4) is 0 Å². The van der Waals surface area contributed by atoms with Gasteiger partial charge >= 0.3 is 6.03 Å². The Hall–Kier alpha value is -2.15. The molecule has 1 spiro atoms. The Morgan fingerprint density at radius 2 is 2.00 bits per heavy atom. The lowest BCUT2D eigenvalue weighted by atomic mass is 9.75. The minimum atomic E-state index is -0.425. The van der Waals surface area contributed by atoms with E-state index in [1.807, 2.05) is 6.92 Å². The Balaban J connectivity index is 1.73. The van der Waals surface area contributed by atoms with Crippen LogP contribution in [0, 0.1) is 29.4 Å². The van der Waals surface area contributed by atoms with Gasteiger partial charge in [0.25, 0.3) is 5.69 Å². The number of anilines is 1. The summed E-state index contributed by atoms with van der Waals surface area (Å²) in [5, 5.41) is 17.1. The first kappa shape index (κ1) is 17.7. The maximum atomic E-state index is 12.6. The molecular weight excluding hydrogens is 322 g/mol. The van der Waals surface area contributed by atoms with Gasteiger partial charge in [-0.2, -0.15) is 0 Å². The number of nitrogens with one attached hydrogen (secondary N) is 2. The van der Waals surface area contributed by atoms with Crippen LogP contribution in [0.25, 0.3) is 0 Å². The van der Waals surface area contributed by atoms with E-state index >= 15 is 0 Å². The summed E-state index contributed by atoms with van der Waals surface area (Å²) in [6.45, 7) is 5.00. The first-order chi connectivity index (χ1) is 11.9. The Kier molecular flexibility index (Phi) is 4.94. The van der Waals surface area contributed by atoms with Crippen LogP contribution < -0.4 is 10.6 Å². The molecule has 2 N–H and O–H groups in total. The molecule has 2 amide bonds. The normalized spacial score (nSPS) is 21.9. The van der Waals surface area contributed by atoms with E-state index in [1.54, 1.807) is 13.0 Å². The van der Waals surface area contributed by atoms with Crippen molar-refractivity contribution >= 4 is 17.4 Å². The van der Waals surface area contributed by atoms with Gasteiger partial charge in [0.1, 0.15) is 0 Å². The highest BCUT2D eigenvalue weighted by Gasteiger charge is 2.44. The fourth-order valence-corrected chi connectivity index (χ4v) is 4.27. The standard InChI is InChI=1S/C18H25N3O4/c1-12-5-6-14(21(23)24)13(2)16(12)20-17(22)19-15-4-3-7-18(15)8-10-25-11-9-18/h5-6,15H,3-4,7-11H2,1-2H3,(H2,19,20,22)/t15-/m0/s1. The SMILES string of the molecule is Cc1ccc([N+](=O)[O-])c(C)c1NC(=O)N[C@H]1CCCC12CCOCC2. The average Bonchev–Trinajstić information content (AvgIpc) is 2.93. The van der Waals surface area contributed by atoms with E-state index < -0.39 is 4.92 Å². The fraction of sp³-hybridized carbons (Fsp3) is 0.611. The summed E-state index contributed by atoms with van der Waals surface area (Å²) in [6.07, 6.45) is 5.16. The van der Waals surface area contributed by atoms with E-state index in [-0.39, 0.29) is 23.2 Å². The summed E-state index contributed by atoms with van der Waals surface area (Å²) in [6, 6.07) is 2.98. The van der Waals surface area contributed by atoms with Gasteiger partial charge < -0.3 is 15.4 Å². The number of carbonyl (C=O) groups excluding carboxylic acids is 1. The van der Waals surface area contributed by atoms with E-state index in [1.165, 1.54) is 6.07 Å². The third-order valence-corrected chi connectivity index (χ3v) is 5.78. The lowest BCUT2D eigenvalue weighted by Gasteiger charge is -2.39. The van der Waals surface area contributed by atoms with Crippen LogP contribution >= 0.6 is 0 Å². The van der Waals surface area contributed by atoms with Gasteiger partial charge in [-0.05, 0) is 50.5 Å². The van der Waals surface area contributed by atoms with Crippen molar-refractivity contribution in [2.75, 3.05) is 18.5 Å². The van der Waals surface area contributed by atoms with Crippen LogP contribution in [-0.4, -0.2) is 30.2 Å². The third-order valence-electron chi connectivity index (χ3n) is 5.78. The molecule has 25 heavy (non-hydrogen) atoms. The van der Waals surface area contributed by atoms with Crippen LogP contribution in [0.4, 0.5) is 16.2 Å².